The highest BCUT2D eigenvalue weighted by Gasteiger charge is 1.97. The second-order valence-corrected chi connectivity index (χ2v) is 2.44. The van der Waals surface area contributed by atoms with E-state index in [0.29, 0.717) is 12.0 Å². The molecule has 0 saturated heterocycles. The summed E-state index contributed by atoms with van der Waals surface area (Å²) in [4.78, 5) is 13.6. The number of hydrogen-bond acceptors (Lipinski definition) is 3. The molecule has 13 heavy (non-hydrogen) atoms. The predicted octanol–water partition coefficient (Wildman–Crippen LogP) is 1.41. The third kappa shape index (κ3) is 2.66. The van der Waals surface area contributed by atoms with E-state index in [9.17, 15) is 9.18 Å². The monoisotopic (exact) mass is 180 g/mol. The van der Waals surface area contributed by atoms with Crippen molar-refractivity contribution in [3.05, 3.63) is 29.7 Å². The van der Waals surface area contributed by atoms with Gasteiger partial charge < -0.3 is 10.5 Å². The number of nitrogens with two attached hydrogens (primary N) is 1. The van der Waals surface area contributed by atoms with Crippen LogP contribution in [0.1, 0.15) is 12.0 Å². The maximum absolute atomic E-state index is 12.8. The molecule has 0 aliphatic rings. The van der Waals surface area contributed by atoms with Gasteiger partial charge in [-0.2, -0.15) is 0 Å². The molecule has 0 aliphatic heterocycles. The van der Waals surface area contributed by atoms with Crippen molar-refractivity contribution in [2.24, 2.45) is 0 Å². The quantitative estimate of drug-likeness (QED) is 0.715. The number of aldehydes is 1. The lowest BCUT2D eigenvalue weighted by atomic mass is 10.2. The second-order valence-electron chi connectivity index (χ2n) is 2.44. The fourth-order valence-electron chi connectivity index (χ4n) is 0.814. The molecule has 0 spiro atoms. The third-order valence-electron chi connectivity index (χ3n) is 1.43. The third-order valence-corrected chi connectivity index (χ3v) is 1.43. The molecule has 0 amide bonds. The highest BCUT2D eigenvalue weighted by Crippen LogP contribution is 2.09. The van der Waals surface area contributed by atoms with Gasteiger partial charge in [0, 0.05) is 12.6 Å². The zero-order chi connectivity index (χ0) is 9.68. The Hall–Kier alpha value is -1.71. The SMILES string of the molecule is Nc1ncc(C=CCC=O)cc1F. The lowest BCUT2D eigenvalue weighted by Crippen LogP contribution is -1.94. The minimum Gasteiger partial charge on any atom is -0.381 e. The molecular formula is C9H9FN2O. The second kappa shape index (κ2) is 4.35. The van der Waals surface area contributed by atoms with Crippen molar-refractivity contribution in [2.45, 2.75) is 6.42 Å². The van der Waals surface area contributed by atoms with Crippen molar-refractivity contribution in [2.75, 3.05) is 5.73 Å². The number of nitrogen functional groups attached to an aromatic ring is 1. The number of carbonyl (C=O) groups excluding carboxylic acids is 1. The summed E-state index contributed by atoms with van der Waals surface area (Å²) >= 11 is 0. The molecule has 0 radical (unpaired) electrons. The molecule has 0 bridgehead atoms. The number of pyridine rings is 1. The molecular weight excluding hydrogens is 171 g/mol. The molecule has 3 nitrogen and oxygen atoms in total. The molecule has 0 atom stereocenters. The number of allylic oxidation sites excluding steroid dienone is 1. The normalized spacial score (nSPS) is 10.5. The average molecular weight is 180 g/mol. The Kier molecular flexibility index (Phi) is 3.14. The van der Waals surface area contributed by atoms with Crippen LogP contribution in [-0.2, 0) is 4.79 Å². The van der Waals surface area contributed by atoms with E-state index in [-0.39, 0.29) is 5.82 Å². The molecule has 0 saturated carbocycles. The highest BCUT2D eigenvalue weighted by molar-refractivity contribution is 5.58. The lowest BCUT2D eigenvalue weighted by Gasteiger charge is -1.95. The number of halogens is 1. The van der Waals surface area contributed by atoms with E-state index in [1.165, 1.54) is 12.3 Å². The van der Waals surface area contributed by atoms with Crippen LogP contribution in [0.2, 0.25) is 0 Å². The van der Waals surface area contributed by atoms with Crippen LogP contribution in [0.15, 0.2) is 18.3 Å². The van der Waals surface area contributed by atoms with Gasteiger partial charge in [0.25, 0.3) is 0 Å². The van der Waals surface area contributed by atoms with E-state index in [2.05, 4.69) is 4.98 Å². The summed E-state index contributed by atoms with van der Waals surface area (Å²) in [5.74, 6) is -0.666. The van der Waals surface area contributed by atoms with E-state index in [0.717, 1.165) is 6.29 Å². The minimum absolute atomic E-state index is 0.118. The molecule has 1 aromatic heterocycles. The van der Waals surface area contributed by atoms with Crippen molar-refractivity contribution in [1.29, 1.82) is 0 Å². The van der Waals surface area contributed by atoms with E-state index in [4.69, 9.17) is 5.73 Å². The first-order valence-electron chi connectivity index (χ1n) is 3.75. The Morgan fingerprint density at radius 2 is 2.38 bits per heavy atom. The fraction of sp³-hybridized carbons (Fsp3) is 0.111. The average Bonchev–Trinajstić information content (AvgIpc) is 2.12. The first-order chi connectivity index (χ1) is 6.24. The van der Waals surface area contributed by atoms with Gasteiger partial charge in [-0.3, -0.25) is 0 Å². The topological polar surface area (TPSA) is 56.0 Å². The molecule has 0 aliphatic carbocycles. The van der Waals surface area contributed by atoms with Gasteiger partial charge >= 0.3 is 0 Å². The smallest absolute Gasteiger partial charge is 0.165 e. The summed E-state index contributed by atoms with van der Waals surface area (Å²) in [6, 6.07) is 1.27. The Morgan fingerprint density at radius 1 is 1.62 bits per heavy atom. The van der Waals surface area contributed by atoms with Gasteiger partial charge in [0.2, 0.25) is 0 Å². The van der Waals surface area contributed by atoms with Crippen molar-refractivity contribution < 1.29 is 9.18 Å². The fourth-order valence-corrected chi connectivity index (χ4v) is 0.814. The van der Waals surface area contributed by atoms with Gasteiger partial charge in [-0.25, -0.2) is 9.37 Å². The summed E-state index contributed by atoms with van der Waals surface area (Å²) in [6.45, 7) is 0. The number of hydrogen-bond donors (Lipinski definition) is 1. The van der Waals surface area contributed by atoms with Crippen LogP contribution in [0, 0.1) is 5.82 Å². The minimum atomic E-state index is -0.548. The molecule has 2 N–H and O–H groups in total. The van der Waals surface area contributed by atoms with Crippen LogP contribution in [0.5, 0.6) is 0 Å². The summed E-state index contributed by atoms with van der Waals surface area (Å²) in [5.41, 5.74) is 5.77. The van der Waals surface area contributed by atoms with Gasteiger partial charge in [-0.05, 0) is 11.6 Å². The van der Waals surface area contributed by atoms with E-state index >= 15 is 0 Å². The summed E-state index contributed by atoms with van der Waals surface area (Å²) in [7, 11) is 0. The zero-order valence-electron chi connectivity index (χ0n) is 6.90. The van der Waals surface area contributed by atoms with Crippen molar-refractivity contribution in [3.8, 4) is 0 Å². The Bertz CT molecular complexity index is 336. The maximum Gasteiger partial charge on any atom is 0.165 e. The number of rotatable bonds is 3. The zero-order valence-corrected chi connectivity index (χ0v) is 6.90. The predicted molar refractivity (Wildman–Crippen MR) is 48.3 cm³/mol. The van der Waals surface area contributed by atoms with Crippen LogP contribution in [-0.4, -0.2) is 11.3 Å². The highest BCUT2D eigenvalue weighted by atomic mass is 19.1. The molecule has 1 rings (SSSR count). The van der Waals surface area contributed by atoms with Gasteiger partial charge in [-0.15, -0.1) is 0 Å². The van der Waals surface area contributed by atoms with Crippen molar-refractivity contribution in [1.82, 2.24) is 4.98 Å². The van der Waals surface area contributed by atoms with E-state index in [1.807, 2.05) is 0 Å². The molecule has 0 aromatic carbocycles. The molecule has 0 unspecified atom stereocenters. The first-order valence-corrected chi connectivity index (χ1v) is 3.75. The van der Waals surface area contributed by atoms with Crippen molar-refractivity contribution in [3.63, 3.8) is 0 Å². The van der Waals surface area contributed by atoms with Crippen LogP contribution in [0.3, 0.4) is 0 Å². The molecule has 0 fully saturated rings. The van der Waals surface area contributed by atoms with Crippen LogP contribution < -0.4 is 5.73 Å². The molecule has 68 valence electrons. The Balaban J connectivity index is 2.79. The van der Waals surface area contributed by atoms with Gasteiger partial charge in [0.1, 0.15) is 6.29 Å². The summed E-state index contributed by atoms with van der Waals surface area (Å²) in [6.07, 6.45) is 5.76. The van der Waals surface area contributed by atoms with Crippen LogP contribution in [0.25, 0.3) is 6.08 Å². The first kappa shape index (κ1) is 9.38. The number of anilines is 1. The largest absolute Gasteiger partial charge is 0.381 e. The Morgan fingerprint density at radius 3 is 3.00 bits per heavy atom. The maximum atomic E-state index is 12.8. The number of aromatic nitrogens is 1. The summed E-state index contributed by atoms with van der Waals surface area (Å²) < 4.78 is 12.8. The standard InChI is InChI=1S/C9H9FN2O/c10-8-5-7(3-1-2-4-13)6-12-9(8)11/h1,3-6H,2H2,(H2,11,12). The summed E-state index contributed by atoms with van der Waals surface area (Å²) in [5, 5.41) is 0. The van der Waals surface area contributed by atoms with Gasteiger partial charge in [0.05, 0.1) is 0 Å². The molecule has 1 aromatic rings. The van der Waals surface area contributed by atoms with E-state index in [1.54, 1.807) is 12.2 Å². The van der Waals surface area contributed by atoms with Crippen LogP contribution >= 0.6 is 0 Å². The van der Waals surface area contributed by atoms with E-state index < -0.39 is 5.82 Å². The number of nitrogens with zero attached hydrogens (tertiary/aromatic N) is 1. The molecule has 4 heteroatoms. The lowest BCUT2D eigenvalue weighted by molar-refractivity contribution is -0.107. The van der Waals surface area contributed by atoms with Crippen molar-refractivity contribution >= 4 is 18.2 Å². The Labute approximate surface area is 75.1 Å². The number of carbonyl (C=O) groups is 1. The molecule has 1 heterocycles. The van der Waals surface area contributed by atoms with Gasteiger partial charge in [-0.1, -0.05) is 12.2 Å². The van der Waals surface area contributed by atoms with Gasteiger partial charge in [0.15, 0.2) is 11.6 Å². The van der Waals surface area contributed by atoms with Crippen LogP contribution in [0.4, 0.5) is 10.2 Å².